The van der Waals surface area contributed by atoms with Gasteiger partial charge in [0.1, 0.15) is 9.84 Å². The minimum atomic E-state index is -2.97. The van der Waals surface area contributed by atoms with E-state index in [1.165, 1.54) is 0 Å². The Hall–Kier alpha value is -0.940. The van der Waals surface area contributed by atoms with Crippen molar-refractivity contribution >= 4 is 21.4 Å². The molecule has 0 bridgehead atoms. The van der Waals surface area contributed by atoms with Crippen molar-refractivity contribution in [1.82, 2.24) is 0 Å². The first-order chi connectivity index (χ1) is 9.02. The molecule has 0 aromatic heterocycles. The number of rotatable bonds is 4. The molecule has 0 radical (unpaired) electrons. The molecule has 0 fully saturated rings. The van der Waals surface area contributed by atoms with Crippen LogP contribution in [-0.4, -0.2) is 33.1 Å². The molecule has 0 atom stereocenters. The fraction of sp³-hybridized carbons (Fsp3) is 0.538. The average Bonchev–Trinajstić information content (AvgIpc) is 2.62. The highest BCUT2D eigenvalue weighted by atomic mass is 35.5. The summed E-state index contributed by atoms with van der Waals surface area (Å²) in [6.07, 6.45) is 1.25. The van der Waals surface area contributed by atoms with Crippen LogP contribution >= 0.6 is 11.6 Å². The van der Waals surface area contributed by atoms with E-state index in [2.05, 4.69) is 0 Å². The Labute approximate surface area is 118 Å². The molecule has 0 N–H and O–H groups in total. The predicted molar refractivity (Wildman–Crippen MR) is 75.1 cm³/mol. The Morgan fingerprint density at radius 3 is 2.74 bits per heavy atom. The standard InChI is InChI=1S/C13H17ClO4S/c1-2-19(15,16)7-4-10-8-11(14)13-12(9-10)17-5-3-6-18-13/h8-9H,2-7H2,1H3. The lowest BCUT2D eigenvalue weighted by molar-refractivity contribution is 0.297. The Bertz CT molecular complexity index is 554. The largest absolute Gasteiger partial charge is 0.489 e. The van der Waals surface area contributed by atoms with Gasteiger partial charge in [0.15, 0.2) is 11.5 Å². The maximum atomic E-state index is 11.5. The molecule has 106 valence electrons. The van der Waals surface area contributed by atoms with E-state index in [-0.39, 0.29) is 11.5 Å². The molecule has 0 aliphatic carbocycles. The van der Waals surface area contributed by atoms with E-state index in [4.69, 9.17) is 21.1 Å². The molecule has 1 aliphatic heterocycles. The van der Waals surface area contributed by atoms with Gasteiger partial charge in [-0.15, -0.1) is 0 Å². The second kappa shape index (κ2) is 6.01. The van der Waals surface area contributed by atoms with Crippen LogP contribution < -0.4 is 9.47 Å². The maximum absolute atomic E-state index is 11.5. The average molecular weight is 305 g/mol. The first-order valence-corrected chi connectivity index (χ1v) is 8.50. The Morgan fingerprint density at radius 2 is 2.00 bits per heavy atom. The highest BCUT2D eigenvalue weighted by Gasteiger charge is 2.16. The SMILES string of the molecule is CCS(=O)(=O)CCc1cc(Cl)c2c(c1)OCCCO2. The van der Waals surface area contributed by atoms with Crippen molar-refractivity contribution in [3.8, 4) is 11.5 Å². The lowest BCUT2D eigenvalue weighted by Crippen LogP contribution is -2.11. The Kier molecular flexibility index (Phi) is 4.58. The van der Waals surface area contributed by atoms with E-state index in [9.17, 15) is 8.42 Å². The molecule has 6 heteroatoms. The summed E-state index contributed by atoms with van der Waals surface area (Å²) in [4.78, 5) is 0. The molecule has 1 aliphatic rings. The van der Waals surface area contributed by atoms with Gasteiger partial charge in [-0.05, 0) is 24.1 Å². The zero-order chi connectivity index (χ0) is 13.9. The summed E-state index contributed by atoms with van der Waals surface area (Å²) in [5.74, 6) is 1.44. The highest BCUT2D eigenvalue weighted by molar-refractivity contribution is 7.91. The lowest BCUT2D eigenvalue weighted by atomic mass is 10.1. The van der Waals surface area contributed by atoms with Crippen LogP contribution in [0.5, 0.6) is 11.5 Å². The zero-order valence-electron chi connectivity index (χ0n) is 10.8. The van der Waals surface area contributed by atoms with Crippen LogP contribution in [0, 0.1) is 0 Å². The van der Waals surface area contributed by atoms with Crippen LogP contribution in [0.1, 0.15) is 18.9 Å². The summed E-state index contributed by atoms with van der Waals surface area (Å²) >= 11 is 6.15. The van der Waals surface area contributed by atoms with Crippen LogP contribution in [0.15, 0.2) is 12.1 Å². The molecule has 1 aromatic rings. The van der Waals surface area contributed by atoms with E-state index in [0.717, 1.165) is 12.0 Å². The molecule has 1 aromatic carbocycles. The van der Waals surface area contributed by atoms with Gasteiger partial charge in [-0.2, -0.15) is 0 Å². The van der Waals surface area contributed by atoms with Gasteiger partial charge in [-0.3, -0.25) is 0 Å². The molecule has 0 saturated carbocycles. The number of ether oxygens (including phenoxy) is 2. The second-order valence-electron chi connectivity index (χ2n) is 4.44. The van der Waals surface area contributed by atoms with Gasteiger partial charge < -0.3 is 9.47 Å². The Morgan fingerprint density at radius 1 is 1.26 bits per heavy atom. The van der Waals surface area contributed by atoms with Gasteiger partial charge in [-0.1, -0.05) is 18.5 Å². The van der Waals surface area contributed by atoms with E-state index >= 15 is 0 Å². The summed E-state index contributed by atoms with van der Waals surface area (Å²) < 4.78 is 34.1. The minimum Gasteiger partial charge on any atom is -0.489 e. The summed E-state index contributed by atoms with van der Waals surface area (Å²) in [5.41, 5.74) is 0.853. The molecule has 1 heterocycles. The van der Waals surface area contributed by atoms with Crippen LogP contribution in [0.2, 0.25) is 5.02 Å². The zero-order valence-corrected chi connectivity index (χ0v) is 12.4. The minimum absolute atomic E-state index is 0.124. The fourth-order valence-corrected chi connectivity index (χ4v) is 2.97. The van der Waals surface area contributed by atoms with Crippen molar-refractivity contribution < 1.29 is 17.9 Å². The summed E-state index contributed by atoms with van der Waals surface area (Å²) in [7, 11) is -2.97. The fourth-order valence-electron chi connectivity index (χ4n) is 1.85. The van der Waals surface area contributed by atoms with Crippen LogP contribution in [0.3, 0.4) is 0 Å². The van der Waals surface area contributed by atoms with Crippen molar-refractivity contribution in [3.63, 3.8) is 0 Å². The first-order valence-electron chi connectivity index (χ1n) is 6.30. The van der Waals surface area contributed by atoms with Crippen LogP contribution in [-0.2, 0) is 16.3 Å². The van der Waals surface area contributed by atoms with Gasteiger partial charge >= 0.3 is 0 Å². The van der Waals surface area contributed by atoms with E-state index in [0.29, 0.717) is 36.2 Å². The smallest absolute Gasteiger partial charge is 0.179 e. The Balaban J connectivity index is 2.19. The van der Waals surface area contributed by atoms with Crippen molar-refractivity contribution in [3.05, 3.63) is 22.7 Å². The summed E-state index contributed by atoms with van der Waals surface area (Å²) in [5, 5.41) is 0.475. The van der Waals surface area contributed by atoms with Gasteiger partial charge in [-0.25, -0.2) is 8.42 Å². The number of halogens is 1. The number of sulfone groups is 1. The van der Waals surface area contributed by atoms with Gasteiger partial charge in [0.25, 0.3) is 0 Å². The van der Waals surface area contributed by atoms with E-state index in [1.807, 2.05) is 6.07 Å². The monoisotopic (exact) mass is 304 g/mol. The quantitative estimate of drug-likeness (QED) is 0.857. The van der Waals surface area contributed by atoms with Crippen LogP contribution in [0.25, 0.3) is 0 Å². The predicted octanol–water partition coefficient (Wildman–Crippen LogP) is 2.48. The summed E-state index contributed by atoms with van der Waals surface area (Å²) in [6, 6.07) is 3.57. The number of benzene rings is 1. The van der Waals surface area contributed by atoms with Crippen molar-refractivity contribution in [2.75, 3.05) is 24.7 Å². The second-order valence-corrected chi connectivity index (χ2v) is 7.32. The number of fused-ring (bicyclic) bond motifs is 1. The van der Waals surface area contributed by atoms with E-state index < -0.39 is 9.84 Å². The molecule has 19 heavy (non-hydrogen) atoms. The van der Waals surface area contributed by atoms with Gasteiger partial charge in [0, 0.05) is 12.2 Å². The molecule has 0 amide bonds. The molecule has 0 spiro atoms. The topological polar surface area (TPSA) is 52.6 Å². The molecule has 0 unspecified atom stereocenters. The number of hydrogen-bond acceptors (Lipinski definition) is 4. The highest BCUT2D eigenvalue weighted by Crippen LogP contribution is 2.38. The number of aryl methyl sites for hydroxylation is 1. The first kappa shape index (κ1) is 14.5. The number of hydrogen-bond donors (Lipinski definition) is 0. The van der Waals surface area contributed by atoms with Crippen molar-refractivity contribution in [1.29, 1.82) is 0 Å². The lowest BCUT2D eigenvalue weighted by Gasteiger charge is -2.11. The van der Waals surface area contributed by atoms with E-state index in [1.54, 1.807) is 13.0 Å². The van der Waals surface area contributed by atoms with Crippen molar-refractivity contribution in [2.45, 2.75) is 19.8 Å². The molecular formula is C13H17ClO4S. The third-order valence-electron chi connectivity index (χ3n) is 3.00. The third kappa shape index (κ3) is 3.76. The molecular weight excluding hydrogens is 288 g/mol. The van der Waals surface area contributed by atoms with Gasteiger partial charge in [0.2, 0.25) is 0 Å². The maximum Gasteiger partial charge on any atom is 0.179 e. The normalized spacial score (nSPS) is 15.1. The summed E-state index contributed by atoms with van der Waals surface area (Å²) in [6.45, 7) is 2.81. The van der Waals surface area contributed by atoms with Crippen LogP contribution in [0.4, 0.5) is 0 Å². The molecule has 4 nitrogen and oxygen atoms in total. The molecule has 0 saturated heterocycles. The van der Waals surface area contributed by atoms with Crippen molar-refractivity contribution in [2.24, 2.45) is 0 Å². The van der Waals surface area contributed by atoms with Gasteiger partial charge in [0.05, 0.1) is 24.0 Å². The molecule has 2 rings (SSSR count). The third-order valence-corrected chi connectivity index (χ3v) is 4.99.